The van der Waals surface area contributed by atoms with E-state index in [1.807, 2.05) is 31.2 Å². The van der Waals surface area contributed by atoms with E-state index in [9.17, 15) is 29.1 Å². The smallest absolute Gasteiger partial charge is 0.326 e. The van der Waals surface area contributed by atoms with E-state index < -0.39 is 53.8 Å². The Morgan fingerprint density at radius 2 is 1.51 bits per heavy atom. The highest BCUT2D eigenvalue weighted by atomic mass is 16.4. The Labute approximate surface area is 250 Å². The van der Waals surface area contributed by atoms with Gasteiger partial charge in [0.2, 0.25) is 23.6 Å². The topological polar surface area (TPSA) is 209 Å². The largest absolute Gasteiger partial charge is 0.480 e. The van der Waals surface area contributed by atoms with Gasteiger partial charge in [-0.1, -0.05) is 68.8 Å². The lowest BCUT2D eigenvalue weighted by molar-refractivity contribution is -0.142. The number of carbonyl (C=O) groups excluding carboxylic acids is 4. The monoisotopic (exact) mass is 592 g/mol. The van der Waals surface area contributed by atoms with Crippen LogP contribution in [0.15, 0.2) is 60.8 Å². The van der Waals surface area contributed by atoms with Gasteiger partial charge in [0.15, 0.2) is 0 Å². The summed E-state index contributed by atoms with van der Waals surface area (Å²) in [6.45, 7) is 3.67. The average molecular weight is 593 g/mol. The molecule has 230 valence electrons. The summed E-state index contributed by atoms with van der Waals surface area (Å²) in [5, 5.41) is 18.4. The Kier molecular flexibility index (Phi) is 11.8. The third kappa shape index (κ3) is 9.40. The van der Waals surface area contributed by atoms with Gasteiger partial charge in [0.25, 0.3) is 0 Å². The minimum absolute atomic E-state index is 0.0574. The number of carboxylic acid groups (broad SMARTS) is 1. The van der Waals surface area contributed by atoms with Gasteiger partial charge in [-0.25, -0.2) is 4.79 Å². The molecule has 4 amide bonds. The van der Waals surface area contributed by atoms with E-state index in [2.05, 4.69) is 20.9 Å². The first kappa shape index (κ1) is 32.8. The van der Waals surface area contributed by atoms with Crippen LogP contribution in [-0.4, -0.2) is 63.9 Å². The summed E-state index contributed by atoms with van der Waals surface area (Å²) in [4.78, 5) is 66.2. The minimum atomic E-state index is -1.39. The van der Waals surface area contributed by atoms with Crippen LogP contribution < -0.4 is 27.4 Å². The van der Waals surface area contributed by atoms with Crippen molar-refractivity contribution >= 4 is 40.5 Å². The van der Waals surface area contributed by atoms with E-state index in [0.717, 1.165) is 22.0 Å². The normalized spacial score (nSPS) is 14.6. The van der Waals surface area contributed by atoms with E-state index in [-0.39, 0.29) is 31.6 Å². The second kappa shape index (κ2) is 15.5. The number of hydrogen-bond donors (Lipinski definition) is 7. The number of para-hydroxylation sites is 1. The highest BCUT2D eigenvalue weighted by molar-refractivity contribution is 5.95. The van der Waals surface area contributed by atoms with Crippen molar-refractivity contribution in [3.8, 4) is 0 Å². The first-order valence-electron chi connectivity index (χ1n) is 14.3. The van der Waals surface area contributed by atoms with Crippen LogP contribution in [0.5, 0.6) is 0 Å². The number of aromatic nitrogens is 1. The molecule has 0 radical (unpaired) electrons. The Morgan fingerprint density at radius 3 is 2.16 bits per heavy atom. The third-order valence-corrected chi connectivity index (χ3v) is 7.45. The van der Waals surface area contributed by atoms with Gasteiger partial charge < -0.3 is 37.5 Å². The molecule has 0 aliphatic carbocycles. The lowest BCUT2D eigenvalue weighted by atomic mass is 9.96. The summed E-state index contributed by atoms with van der Waals surface area (Å²) in [6, 6.07) is 12.0. The SMILES string of the molecule is CCC(C)C(NC(=O)C(N)Cc1c[nH]c2ccccc12)C(=O)NC(Cc1ccccc1)C(=O)NC(CCC(N)=O)C(=O)O. The first-order chi connectivity index (χ1) is 20.5. The summed E-state index contributed by atoms with van der Waals surface area (Å²) in [5.74, 6) is -4.24. The number of rotatable bonds is 16. The highest BCUT2D eigenvalue weighted by Crippen LogP contribution is 2.19. The standard InChI is InChI=1S/C31H40N6O6/c1-3-18(2)27(37-28(39)22(32)16-20-17-34-23-12-8-7-11-21(20)23)30(41)36-25(15-19-9-5-4-6-10-19)29(40)35-24(31(42)43)13-14-26(33)38/h4-12,17-18,22,24-25,27,34H,3,13-16,32H2,1-2H3,(H2,33,38)(H,35,40)(H,36,41)(H,37,39)(H,42,43). The lowest BCUT2D eigenvalue weighted by Crippen LogP contribution is -2.59. The van der Waals surface area contributed by atoms with Gasteiger partial charge in [0, 0.05) is 29.9 Å². The molecule has 0 saturated carbocycles. The molecule has 12 nitrogen and oxygen atoms in total. The van der Waals surface area contributed by atoms with Crippen LogP contribution in [0.2, 0.25) is 0 Å². The molecule has 1 heterocycles. The summed E-state index contributed by atoms with van der Waals surface area (Å²) in [5.41, 5.74) is 13.9. The van der Waals surface area contributed by atoms with Gasteiger partial charge in [0.1, 0.15) is 18.1 Å². The zero-order chi connectivity index (χ0) is 31.5. The van der Waals surface area contributed by atoms with Crippen LogP contribution in [0.1, 0.15) is 44.2 Å². The summed E-state index contributed by atoms with van der Waals surface area (Å²) < 4.78 is 0. The Bertz CT molecular complexity index is 1420. The molecule has 9 N–H and O–H groups in total. The van der Waals surface area contributed by atoms with Crippen LogP contribution in [-0.2, 0) is 36.8 Å². The van der Waals surface area contributed by atoms with Crippen molar-refractivity contribution in [2.24, 2.45) is 17.4 Å². The number of nitrogens with one attached hydrogen (secondary N) is 4. The van der Waals surface area contributed by atoms with Crippen LogP contribution >= 0.6 is 0 Å². The minimum Gasteiger partial charge on any atom is -0.480 e. The van der Waals surface area contributed by atoms with Gasteiger partial charge in [-0.15, -0.1) is 0 Å². The predicted octanol–water partition coefficient (Wildman–Crippen LogP) is 1.13. The van der Waals surface area contributed by atoms with Gasteiger partial charge in [-0.05, 0) is 36.0 Å². The molecule has 5 atom stereocenters. The number of aliphatic carboxylic acids is 1. The maximum atomic E-state index is 13.6. The van der Waals surface area contributed by atoms with Gasteiger partial charge in [-0.3, -0.25) is 19.2 Å². The molecule has 3 rings (SSSR count). The molecule has 1 aromatic heterocycles. The number of benzene rings is 2. The zero-order valence-electron chi connectivity index (χ0n) is 24.3. The Hall–Kier alpha value is -4.71. The second-order valence-corrected chi connectivity index (χ2v) is 10.7. The number of amides is 4. The van der Waals surface area contributed by atoms with E-state index in [0.29, 0.717) is 6.42 Å². The van der Waals surface area contributed by atoms with Crippen molar-refractivity contribution in [3.05, 3.63) is 71.9 Å². The van der Waals surface area contributed by atoms with Crippen LogP contribution in [0.4, 0.5) is 0 Å². The summed E-state index contributed by atoms with van der Waals surface area (Å²) >= 11 is 0. The fourth-order valence-electron chi connectivity index (χ4n) is 4.73. The van der Waals surface area contributed by atoms with Crippen molar-refractivity contribution in [1.82, 2.24) is 20.9 Å². The van der Waals surface area contributed by atoms with Crippen LogP contribution in [0.25, 0.3) is 10.9 Å². The zero-order valence-corrected chi connectivity index (χ0v) is 24.3. The highest BCUT2D eigenvalue weighted by Gasteiger charge is 2.33. The molecule has 0 aliphatic heterocycles. The third-order valence-electron chi connectivity index (χ3n) is 7.45. The van der Waals surface area contributed by atoms with Crippen molar-refractivity contribution in [3.63, 3.8) is 0 Å². The number of carboxylic acids is 1. The molecule has 43 heavy (non-hydrogen) atoms. The molecule has 12 heteroatoms. The Balaban J connectivity index is 1.76. The molecule has 0 saturated heterocycles. The molecule has 0 spiro atoms. The van der Waals surface area contributed by atoms with Crippen molar-refractivity contribution in [2.45, 2.75) is 70.1 Å². The van der Waals surface area contributed by atoms with Crippen molar-refractivity contribution in [2.75, 3.05) is 0 Å². The second-order valence-electron chi connectivity index (χ2n) is 10.7. The maximum absolute atomic E-state index is 13.6. The molecular weight excluding hydrogens is 552 g/mol. The molecule has 0 aliphatic rings. The van der Waals surface area contributed by atoms with E-state index in [1.54, 1.807) is 43.5 Å². The molecule has 3 aromatic rings. The number of aromatic amines is 1. The van der Waals surface area contributed by atoms with E-state index in [1.165, 1.54) is 0 Å². The molecule has 0 bridgehead atoms. The number of nitrogens with two attached hydrogens (primary N) is 2. The number of H-pyrrole nitrogens is 1. The number of hydrogen-bond acceptors (Lipinski definition) is 6. The molecule has 2 aromatic carbocycles. The van der Waals surface area contributed by atoms with Gasteiger partial charge in [0.05, 0.1) is 6.04 Å². The van der Waals surface area contributed by atoms with Crippen molar-refractivity contribution in [1.29, 1.82) is 0 Å². The summed E-state index contributed by atoms with van der Waals surface area (Å²) in [7, 11) is 0. The first-order valence-corrected chi connectivity index (χ1v) is 14.3. The van der Waals surface area contributed by atoms with Gasteiger partial charge in [-0.2, -0.15) is 0 Å². The molecular formula is C31H40N6O6. The number of fused-ring (bicyclic) bond motifs is 1. The number of carbonyl (C=O) groups is 5. The average Bonchev–Trinajstić information content (AvgIpc) is 3.39. The Morgan fingerprint density at radius 1 is 0.860 bits per heavy atom. The quantitative estimate of drug-likeness (QED) is 0.129. The van der Waals surface area contributed by atoms with E-state index in [4.69, 9.17) is 11.5 Å². The van der Waals surface area contributed by atoms with Crippen LogP contribution in [0.3, 0.4) is 0 Å². The molecule has 5 unspecified atom stereocenters. The van der Waals surface area contributed by atoms with E-state index >= 15 is 0 Å². The molecule has 0 fully saturated rings. The number of primary amides is 1. The van der Waals surface area contributed by atoms with Crippen molar-refractivity contribution < 1.29 is 29.1 Å². The predicted molar refractivity (Wildman–Crippen MR) is 161 cm³/mol. The fraction of sp³-hybridized carbons (Fsp3) is 0.387. The fourth-order valence-corrected chi connectivity index (χ4v) is 4.73. The van der Waals surface area contributed by atoms with Crippen LogP contribution in [0, 0.1) is 5.92 Å². The summed E-state index contributed by atoms with van der Waals surface area (Å²) in [6.07, 6.45) is 2.20. The lowest BCUT2D eigenvalue weighted by Gasteiger charge is -2.28. The van der Waals surface area contributed by atoms with Gasteiger partial charge >= 0.3 is 5.97 Å². The maximum Gasteiger partial charge on any atom is 0.326 e.